The zero-order valence-electron chi connectivity index (χ0n) is 12.5. The van der Waals surface area contributed by atoms with Gasteiger partial charge in [0, 0.05) is 19.3 Å². The van der Waals surface area contributed by atoms with Gasteiger partial charge in [0.1, 0.15) is 5.75 Å². The molecule has 1 atom stereocenters. The molecule has 0 bridgehead atoms. The van der Waals surface area contributed by atoms with E-state index in [9.17, 15) is 5.11 Å². The Morgan fingerprint density at radius 2 is 2.05 bits per heavy atom. The van der Waals surface area contributed by atoms with Gasteiger partial charge in [-0.25, -0.2) is 0 Å². The highest BCUT2D eigenvalue weighted by Crippen LogP contribution is 2.28. The lowest BCUT2D eigenvalue weighted by molar-refractivity contribution is 0.121. The van der Waals surface area contributed by atoms with Gasteiger partial charge in [-0.15, -0.1) is 0 Å². The van der Waals surface area contributed by atoms with Crippen molar-refractivity contribution in [2.75, 3.05) is 19.8 Å². The van der Waals surface area contributed by atoms with Crippen LogP contribution in [0.15, 0.2) is 24.3 Å². The molecular weight excluding hydrogens is 250 g/mol. The molecule has 2 N–H and O–H groups in total. The lowest BCUT2D eigenvalue weighted by Crippen LogP contribution is -2.28. The summed E-state index contributed by atoms with van der Waals surface area (Å²) in [6, 6.07) is 8.02. The van der Waals surface area contributed by atoms with E-state index in [2.05, 4.69) is 12.2 Å². The summed E-state index contributed by atoms with van der Waals surface area (Å²) in [5, 5.41) is 12.8. The van der Waals surface area contributed by atoms with Crippen molar-refractivity contribution >= 4 is 0 Å². The summed E-state index contributed by atoms with van der Waals surface area (Å²) in [6.07, 6.45) is 6.00. The summed E-state index contributed by atoms with van der Waals surface area (Å²) in [7, 11) is 0. The number of hydrogen-bond acceptors (Lipinski definition) is 3. The lowest BCUT2D eigenvalue weighted by Gasteiger charge is -2.13. The molecule has 0 spiro atoms. The second-order valence-corrected chi connectivity index (χ2v) is 5.93. The van der Waals surface area contributed by atoms with Gasteiger partial charge in [-0.3, -0.25) is 0 Å². The highest BCUT2D eigenvalue weighted by Gasteiger charge is 2.20. The number of ether oxygens (including phenoxy) is 1. The molecule has 0 heterocycles. The van der Waals surface area contributed by atoms with Crippen LogP contribution in [-0.4, -0.2) is 30.9 Å². The summed E-state index contributed by atoms with van der Waals surface area (Å²) in [5.41, 5.74) is 1.28. The SMILES string of the molecule is CC(CCc1ccc(O)cc1)NCCCOCC1CC1. The van der Waals surface area contributed by atoms with E-state index in [1.165, 1.54) is 18.4 Å². The maximum Gasteiger partial charge on any atom is 0.115 e. The second-order valence-electron chi connectivity index (χ2n) is 5.93. The topological polar surface area (TPSA) is 41.5 Å². The number of aromatic hydroxyl groups is 1. The Morgan fingerprint density at radius 1 is 1.30 bits per heavy atom. The van der Waals surface area contributed by atoms with E-state index >= 15 is 0 Å². The van der Waals surface area contributed by atoms with Gasteiger partial charge in [0.05, 0.1) is 0 Å². The summed E-state index contributed by atoms with van der Waals surface area (Å²) in [6.45, 7) is 5.11. The van der Waals surface area contributed by atoms with Crippen LogP contribution in [0.25, 0.3) is 0 Å². The van der Waals surface area contributed by atoms with Crippen LogP contribution in [0.5, 0.6) is 5.75 Å². The molecule has 1 aliphatic carbocycles. The molecule has 1 unspecified atom stereocenters. The summed E-state index contributed by atoms with van der Waals surface area (Å²) in [4.78, 5) is 0. The normalized spacial score (nSPS) is 16.2. The minimum absolute atomic E-state index is 0.339. The third-order valence-electron chi connectivity index (χ3n) is 3.81. The van der Waals surface area contributed by atoms with E-state index in [4.69, 9.17) is 4.74 Å². The number of aryl methyl sites for hydroxylation is 1. The molecule has 0 aromatic heterocycles. The standard InChI is InChI=1S/C17H27NO2/c1-14(3-4-15-7-9-17(19)10-8-15)18-11-2-12-20-13-16-5-6-16/h7-10,14,16,18-19H,2-6,11-13H2,1H3. The number of nitrogens with one attached hydrogen (secondary N) is 1. The third-order valence-corrected chi connectivity index (χ3v) is 3.81. The Balaban J connectivity index is 1.46. The van der Waals surface area contributed by atoms with Crippen LogP contribution < -0.4 is 5.32 Å². The lowest BCUT2D eigenvalue weighted by atomic mass is 10.1. The molecule has 1 aromatic carbocycles. The van der Waals surface area contributed by atoms with Crippen LogP contribution >= 0.6 is 0 Å². The monoisotopic (exact) mass is 277 g/mol. The van der Waals surface area contributed by atoms with E-state index in [-0.39, 0.29) is 0 Å². The van der Waals surface area contributed by atoms with Crippen molar-refractivity contribution in [2.24, 2.45) is 5.92 Å². The van der Waals surface area contributed by atoms with E-state index in [1.54, 1.807) is 12.1 Å². The quantitative estimate of drug-likeness (QED) is 0.646. The average Bonchev–Trinajstić information content (AvgIpc) is 3.26. The Hall–Kier alpha value is -1.06. The van der Waals surface area contributed by atoms with E-state index in [0.29, 0.717) is 11.8 Å². The van der Waals surface area contributed by atoms with Gasteiger partial charge in [-0.05, 0) is 69.2 Å². The molecule has 3 nitrogen and oxygen atoms in total. The van der Waals surface area contributed by atoms with Crippen molar-refractivity contribution in [3.05, 3.63) is 29.8 Å². The molecule has 0 amide bonds. The summed E-state index contributed by atoms with van der Waals surface area (Å²) in [5.74, 6) is 1.21. The maximum atomic E-state index is 9.23. The van der Waals surface area contributed by atoms with E-state index < -0.39 is 0 Å². The maximum absolute atomic E-state index is 9.23. The molecule has 0 radical (unpaired) electrons. The molecule has 0 saturated heterocycles. The van der Waals surface area contributed by atoms with Crippen LogP contribution in [0.1, 0.15) is 38.2 Å². The summed E-state index contributed by atoms with van der Waals surface area (Å²) >= 11 is 0. The predicted molar refractivity (Wildman–Crippen MR) is 82.1 cm³/mol. The molecule has 3 heteroatoms. The van der Waals surface area contributed by atoms with Gasteiger partial charge in [0.2, 0.25) is 0 Å². The molecule has 1 fully saturated rings. The molecule has 1 aliphatic rings. The average molecular weight is 277 g/mol. The Kier molecular flexibility index (Phi) is 6.34. The highest BCUT2D eigenvalue weighted by atomic mass is 16.5. The van der Waals surface area contributed by atoms with Crippen molar-refractivity contribution < 1.29 is 9.84 Å². The summed E-state index contributed by atoms with van der Waals surface area (Å²) < 4.78 is 5.62. The van der Waals surface area contributed by atoms with E-state index in [0.717, 1.165) is 44.9 Å². The zero-order valence-corrected chi connectivity index (χ0v) is 12.5. The van der Waals surface area contributed by atoms with Crippen molar-refractivity contribution in [3.63, 3.8) is 0 Å². The first kappa shape index (κ1) is 15.3. The number of phenols is 1. The van der Waals surface area contributed by atoms with Gasteiger partial charge in [-0.2, -0.15) is 0 Å². The van der Waals surface area contributed by atoms with Gasteiger partial charge in [0.25, 0.3) is 0 Å². The Bertz CT molecular complexity index is 373. The minimum Gasteiger partial charge on any atom is -0.508 e. The van der Waals surface area contributed by atoms with Crippen molar-refractivity contribution in [1.29, 1.82) is 0 Å². The first-order valence-electron chi connectivity index (χ1n) is 7.83. The van der Waals surface area contributed by atoms with Gasteiger partial charge in [0.15, 0.2) is 0 Å². The first-order chi connectivity index (χ1) is 9.74. The second kappa shape index (κ2) is 8.28. The van der Waals surface area contributed by atoms with Gasteiger partial charge >= 0.3 is 0 Å². The minimum atomic E-state index is 0.339. The van der Waals surface area contributed by atoms with E-state index in [1.807, 2.05) is 12.1 Å². The third kappa shape index (κ3) is 6.40. The smallest absolute Gasteiger partial charge is 0.115 e. The number of hydrogen-bond donors (Lipinski definition) is 2. The van der Waals surface area contributed by atoms with Crippen LogP contribution in [0.4, 0.5) is 0 Å². The highest BCUT2D eigenvalue weighted by molar-refractivity contribution is 5.25. The van der Waals surface area contributed by atoms with Crippen LogP contribution in [0, 0.1) is 5.92 Å². The van der Waals surface area contributed by atoms with Gasteiger partial charge < -0.3 is 15.2 Å². The first-order valence-corrected chi connectivity index (χ1v) is 7.83. The Labute approximate surface area is 122 Å². The zero-order chi connectivity index (χ0) is 14.2. The Morgan fingerprint density at radius 3 is 2.75 bits per heavy atom. The molecule has 112 valence electrons. The number of phenolic OH excluding ortho intramolecular Hbond substituents is 1. The largest absolute Gasteiger partial charge is 0.508 e. The van der Waals surface area contributed by atoms with Crippen molar-refractivity contribution in [1.82, 2.24) is 5.32 Å². The fourth-order valence-corrected chi connectivity index (χ4v) is 2.21. The number of benzene rings is 1. The molecule has 1 aromatic rings. The molecule has 20 heavy (non-hydrogen) atoms. The van der Waals surface area contributed by atoms with Crippen molar-refractivity contribution in [2.45, 2.75) is 45.1 Å². The van der Waals surface area contributed by atoms with Crippen LogP contribution in [0.2, 0.25) is 0 Å². The fourth-order valence-electron chi connectivity index (χ4n) is 2.21. The number of rotatable bonds is 10. The molecule has 1 saturated carbocycles. The molecule has 0 aliphatic heterocycles. The van der Waals surface area contributed by atoms with Gasteiger partial charge in [-0.1, -0.05) is 12.1 Å². The molecule has 2 rings (SSSR count). The fraction of sp³-hybridized carbons (Fsp3) is 0.647. The molecular formula is C17H27NO2. The van der Waals surface area contributed by atoms with Crippen LogP contribution in [0.3, 0.4) is 0 Å². The van der Waals surface area contributed by atoms with Crippen molar-refractivity contribution in [3.8, 4) is 5.75 Å². The predicted octanol–water partition coefficient (Wildman–Crippen LogP) is 3.12. The van der Waals surface area contributed by atoms with Crippen LogP contribution in [-0.2, 0) is 11.2 Å².